The molecule has 40 heavy (non-hydrogen) atoms. The Morgan fingerprint density at radius 3 is 2.60 bits per heavy atom. The molecule has 0 saturated carbocycles. The molecule has 5 rings (SSSR count). The number of hydrogen-bond donors (Lipinski definition) is 0. The van der Waals surface area contributed by atoms with Crippen LogP contribution in [0.5, 0.6) is 5.75 Å². The summed E-state index contributed by atoms with van der Waals surface area (Å²) in [5.41, 5.74) is -0.139. The van der Waals surface area contributed by atoms with Gasteiger partial charge in [0.1, 0.15) is 33.5 Å². The van der Waals surface area contributed by atoms with E-state index in [4.69, 9.17) is 9.47 Å². The molecule has 4 aromatic rings. The van der Waals surface area contributed by atoms with E-state index in [0.717, 1.165) is 17.4 Å². The van der Waals surface area contributed by atoms with Gasteiger partial charge in [0.25, 0.3) is 5.56 Å². The van der Waals surface area contributed by atoms with Crippen molar-refractivity contribution < 1.29 is 18.7 Å². The fraction of sp³-hybridized carbons (Fsp3) is 0.444. The Bertz CT molecular complexity index is 1660. The monoisotopic (exact) mass is 570 g/mol. The van der Waals surface area contributed by atoms with Gasteiger partial charge < -0.3 is 14.4 Å². The number of halogens is 1. The topological polar surface area (TPSA) is 113 Å². The number of fused-ring (bicyclic) bond motifs is 1. The van der Waals surface area contributed by atoms with Crippen LogP contribution in [0.3, 0.4) is 0 Å². The van der Waals surface area contributed by atoms with Crippen LogP contribution in [0.15, 0.2) is 40.2 Å². The number of unbranched alkanes of at least 4 members (excludes halogenated alkanes) is 1. The van der Waals surface area contributed by atoms with Crippen molar-refractivity contribution in [3.63, 3.8) is 0 Å². The second-order valence-electron chi connectivity index (χ2n) is 9.76. The number of aromatic nitrogens is 5. The first-order valence-corrected chi connectivity index (χ1v) is 13.9. The van der Waals surface area contributed by atoms with Gasteiger partial charge in [0.05, 0.1) is 31.4 Å². The Labute approximate surface area is 233 Å². The molecule has 1 aromatic carbocycles. The Hall–Kier alpha value is -3.84. The van der Waals surface area contributed by atoms with Crippen molar-refractivity contribution in [3.05, 3.63) is 68.4 Å². The molecule has 1 saturated heterocycles. The normalized spacial score (nSPS) is 16.3. The highest BCUT2D eigenvalue weighted by molar-refractivity contribution is 7.21. The van der Waals surface area contributed by atoms with Gasteiger partial charge in [-0.05, 0) is 38.0 Å². The lowest BCUT2D eigenvalue weighted by molar-refractivity contribution is -0.129. The first kappa shape index (κ1) is 27.7. The molecule has 1 fully saturated rings. The molecule has 0 aliphatic carbocycles. The van der Waals surface area contributed by atoms with Gasteiger partial charge in [-0.1, -0.05) is 24.7 Å². The van der Waals surface area contributed by atoms with Crippen molar-refractivity contribution in [2.24, 2.45) is 0 Å². The highest BCUT2D eigenvalue weighted by atomic mass is 32.1. The van der Waals surface area contributed by atoms with Crippen molar-refractivity contribution in [1.82, 2.24) is 29.0 Å². The van der Waals surface area contributed by atoms with Crippen LogP contribution in [0.25, 0.3) is 15.2 Å². The van der Waals surface area contributed by atoms with Crippen LogP contribution in [-0.4, -0.2) is 62.2 Å². The van der Waals surface area contributed by atoms with Crippen molar-refractivity contribution in [2.75, 3.05) is 27.3 Å². The van der Waals surface area contributed by atoms with Crippen LogP contribution in [0, 0.1) is 12.7 Å². The van der Waals surface area contributed by atoms with E-state index in [0.29, 0.717) is 51.7 Å². The van der Waals surface area contributed by atoms with E-state index in [1.54, 1.807) is 14.0 Å². The average molecular weight is 571 g/mol. The SMILES string of the molecule is CCCCO[C@@H](Cn1c(=O)n([C@H]2CCN(C)C2=O)c(=O)c2c(C)c(-n3nccn3)sc21)c1cc(F)ccc1OC. The van der Waals surface area contributed by atoms with E-state index < -0.39 is 29.2 Å². The number of benzene rings is 1. The van der Waals surface area contributed by atoms with E-state index >= 15 is 0 Å². The lowest BCUT2D eigenvalue weighted by atomic mass is 10.1. The van der Waals surface area contributed by atoms with Gasteiger partial charge in [-0.3, -0.25) is 14.2 Å². The second kappa shape index (κ2) is 11.3. The largest absolute Gasteiger partial charge is 0.496 e. The summed E-state index contributed by atoms with van der Waals surface area (Å²) in [4.78, 5) is 44.3. The van der Waals surface area contributed by atoms with E-state index in [-0.39, 0.29) is 12.5 Å². The van der Waals surface area contributed by atoms with Crippen LogP contribution in [-0.2, 0) is 16.1 Å². The number of ether oxygens (including phenoxy) is 2. The van der Waals surface area contributed by atoms with E-state index in [1.165, 1.54) is 63.3 Å². The minimum Gasteiger partial charge on any atom is -0.496 e. The minimum atomic E-state index is -0.922. The third-order valence-corrected chi connectivity index (χ3v) is 8.51. The highest BCUT2D eigenvalue weighted by Crippen LogP contribution is 2.34. The summed E-state index contributed by atoms with van der Waals surface area (Å²) in [5.74, 6) is -0.354. The fourth-order valence-corrected chi connectivity index (χ4v) is 6.30. The number of likely N-dealkylation sites (N-methyl/N-ethyl adjacent to an activating group) is 1. The number of rotatable bonds is 10. The molecule has 0 unspecified atom stereocenters. The van der Waals surface area contributed by atoms with Gasteiger partial charge in [-0.2, -0.15) is 10.2 Å². The lowest BCUT2D eigenvalue weighted by Gasteiger charge is -2.23. The first-order chi connectivity index (χ1) is 19.3. The van der Waals surface area contributed by atoms with E-state index in [1.807, 2.05) is 6.92 Å². The predicted molar refractivity (Wildman–Crippen MR) is 148 cm³/mol. The predicted octanol–water partition coefficient (Wildman–Crippen LogP) is 3.22. The quantitative estimate of drug-likeness (QED) is 0.269. The molecule has 0 bridgehead atoms. The molecule has 0 radical (unpaired) electrons. The zero-order chi connectivity index (χ0) is 28.6. The number of aryl methyl sites for hydroxylation is 1. The van der Waals surface area contributed by atoms with Gasteiger partial charge in [0.2, 0.25) is 5.91 Å². The summed E-state index contributed by atoms with van der Waals surface area (Å²) in [5, 5.41) is 9.30. The molecule has 0 N–H and O–H groups in total. The number of amides is 1. The maximum atomic E-state index is 14.4. The standard InChI is InChI=1S/C27H31FN6O5S/c1-5-6-13-39-21(18-14-17(28)7-8-20(18)38-4)15-32-26-22(16(2)25(40-26)34-29-10-11-30-34)24(36)33(27(32)37)19-9-12-31(3)23(19)35/h7-8,10-11,14,19,21H,5-6,9,12-13,15H2,1-4H3/t19-,21-/m0/s1. The zero-order valence-corrected chi connectivity index (χ0v) is 23.6. The molecule has 1 aliphatic heterocycles. The van der Waals surface area contributed by atoms with Crippen LogP contribution in [0.2, 0.25) is 0 Å². The van der Waals surface area contributed by atoms with Crippen LogP contribution < -0.4 is 16.0 Å². The summed E-state index contributed by atoms with van der Waals surface area (Å²) in [6, 6.07) is 3.23. The number of nitrogens with zero attached hydrogens (tertiary/aromatic N) is 6. The Kier molecular flexibility index (Phi) is 7.86. The summed E-state index contributed by atoms with van der Waals surface area (Å²) in [7, 11) is 3.13. The summed E-state index contributed by atoms with van der Waals surface area (Å²) >= 11 is 1.20. The molecular weight excluding hydrogens is 539 g/mol. The third-order valence-electron chi connectivity index (χ3n) is 7.23. The molecule has 212 valence electrons. The zero-order valence-electron chi connectivity index (χ0n) is 22.8. The highest BCUT2D eigenvalue weighted by Gasteiger charge is 2.35. The Morgan fingerprint density at radius 2 is 1.95 bits per heavy atom. The number of hydrogen-bond acceptors (Lipinski definition) is 8. The molecule has 1 aliphatic rings. The van der Waals surface area contributed by atoms with Gasteiger partial charge in [-0.25, -0.2) is 13.8 Å². The second-order valence-corrected chi connectivity index (χ2v) is 10.7. The van der Waals surface area contributed by atoms with Crippen LogP contribution in [0.4, 0.5) is 4.39 Å². The van der Waals surface area contributed by atoms with Gasteiger partial charge in [-0.15, -0.1) is 4.80 Å². The van der Waals surface area contributed by atoms with Crippen molar-refractivity contribution >= 4 is 27.5 Å². The smallest absolute Gasteiger partial charge is 0.332 e. The summed E-state index contributed by atoms with van der Waals surface area (Å²) in [6.45, 7) is 4.56. The summed E-state index contributed by atoms with van der Waals surface area (Å²) in [6.07, 6.45) is 4.24. The lowest BCUT2D eigenvalue weighted by Crippen LogP contribution is -2.44. The third kappa shape index (κ3) is 4.83. The van der Waals surface area contributed by atoms with Gasteiger partial charge in [0.15, 0.2) is 0 Å². The maximum Gasteiger partial charge on any atom is 0.332 e. The Morgan fingerprint density at radius 1 is 1.20 bits per heavy atom. The molecule has 0 spiro atoms. The van der Waals surface area contributed by atoms with Gasteiger partial charge >= 0.3 is 5.69 Å². The van der Waals surface area contributed by atoms with E-state index in [9.17, 15) is 18.8 Å². The number of methoxy groups -OCH3 is 1. The number of thiophene rings is 1. The van der Waals surface area contributed by atoms with E-state index in [2.05, 4.69) is 10.2 Å². The first-order valence-electron chi connectivity index (χ1n) is 13.1. The Balaban J connectivity index is 1.75. The molecule has 2 atom stereocenters. The van der Waals surface area contributed by atoms with Gasteiger partial charge in [0, 0.05) is 31.3 Å². The van der Waals surface area contributed by atoms with Crippen molar-refractivity contribution in [3.8, 4) is 10.8 Å². The number of carbonyl (C=O) groups excluding carboxylic acids is 1. The molecule has 13 heteroatoms. The number of carbonyl (C=O) groups is 1. The molecular formula is C27H31FN6O5S. The van der Waals surface area contributed by atoms with Crippen molar-refractivity contribution in [1.29, 1.82) is 0 Å². The van der Waals surface area contributed by atoms with Crippen LogP contribution >= 0.6 is 11.3 Å². The molecule has 11 nitrogen and oxygen atoms in total. The maximum absolute atomic E-state index is 14.4. The summed E-state index contributed by atoms with van der Waals surface area (Å²) < 4.78 is 28.7. The molecule has 4 heterocycles. The fourth-order valence-electron chi connectivity index (χ4n) is 5.08. The van der Waals surface area contributed by atoms with Crippen molar-refractivity contribution in [2.45, 2.75) is 51.8 Å². The molecule has 1 amide bonds. The molecule has 3 aromatic heterocycles. The minimum absolute atomic E-state index is 0.0399. The average Bonchev–Trinajstić information content (AvgIpc) is 3.66. The van der Waals surface area contributed by atoms with Crippen LogP contribution in [0.1, 0.15) is 49.5 Å². The number of likely N-dealkylation sites (tertiary alicyclic amines) is 1.